The van der Waals surface area contributed by atoms with Gasteiger partial charge in [0.1, 0.15) is 23.3 Å². The van der Waals surface area contributed by atoms with E-state index >= 15 is 0 Å². The monoisotopic (exact) mass is 459 g/mol. The van der Waals surface area contributed by atoms with Gasteiger partial charge in [-0.25, -0.2) is 8.78 Å². The summed E-state index contributed by atoms with van der Waals surface area (Å²) in [6.07, 6.45) is 6.49. The van der Waals surface area contributed by atoms with E-state index in [0.717, 1.165) is 16.7 Å². The third-order valence-electron chi connectivity index (χ3n) is 7.13. The van der Waals surface area contributed by atoms with Gasteiger partial charge in [-0.15, -0.1) is 0 Å². The molecule has 0 unspecified atom stereocenters. The largest absolute Gasteiger partial charge is 0.205 e. The molecular weight excluding hydrogens is 428 g/mol. The summed E-state index contributed by atoms with van der Waals surface area (Å²) in [6, 6.07) is 24.8. The van der Waals surface area contributed by atoms with Gasteiger partial charge in [-0.2, -0.15) is 5.26 Å². The summed E-state index contributed by atoms with van der Waals surface area (Å²) in [5, 5.41) is 9.07. The fraction of sp³-hybridized carbons (Fsp3) is 0.345. The van der Waals surface area contributed by atoms with E-state index in [1.807, 2.05) is 30.3 Å². The van der Waals surface area contributed by atoms with Crippen molar-refractivity contribution in [2.45, 2.75) is 63.1 Å². The van der Waals surface area contributed by atoms with Crippen LogP contribution in [0.5, 0.6) is 0 Å². The second kappa shape index (κ2) is 10.9. The normalized spacial score (nSPS) is 18.1. The summed E-state index contributed by atoms with van der Waals surface area (Å²) in [5.41, 5.74) is 4.00. The Morgan fingerprint density at radius 3 is 2.21 bits per heavy atom. The van der Waals surface area contributed by atoms with E-state index in [9.17, 15) is 8.78 Å². The van der Waals surface area contributed by atoms with Crippen LogP contribution >= 0.6 is 0 Å². The van der Waals surface area contributed by atoms with E-state index < -0.39 is 26.0 Å². The first kappa shape index (κ1) is 23.4. The molecule has 1 aliphatic heterocycles. The standard InChI is InChI=1S/C29H31F2NSi/c1-2-3-7-14-33-15-12-21(13-16-33)23-10-11-25(22-8-5-4-6-9-22)26(17-23)24-18-28(30)27(20-32)29(31)19-24/h4-6,8-11,17-19,21,33H,2-3,7,12-16H2,1H3/t21-,33-. The van der Waals surface area contributed by atoms with E-state index in [2.05, 4.69) is 25.1 Å². The van der Waals surface area contributed by atoms with Crippen molar-refractivity contribution >= 4 is 8.80 Å². The van der Waals surface area contributed by atoms with Gasteiger partial charge in [-0.1, -0.05) is 92.8 Å². The van der Waals surface area contributed by atoms with Crippen molar-refractivity contribution in [1.29, 1.82) is 5.26 Å². The summed E-state index contributed by atoms with van der Waals surface area (Å²) < 4.78 is 29.0. The summed E-state index contributed by atoms with van der Waals surface area (Å²) in [5.74, 6) is -1.11. The first-order chi connectivity index (χ1) is 16.1. The minimum absolute atomic E-state index is 0.479. The highest BCUT2D eigenvalue weighted by atomic mass is 28.3. The fourth-order valence-electron chi connectivity index (χ4n) is 5.23. The van der Waals surface area contributed by atoms with E-state index in [-0.39, 0.29) is 0 Å². The molecule has 0 N–H and O–H groups in total. The number of nitriles is 1. The van der Waals surface area contributed by atoms with Crippen LogP contribution in [0.25, 0.3) is 22.3 Å². The minimum Gasteiger partial charge on any atom is -0.205 e. The SMILES string of the molecule is CCCCC[Si@H]1CC[C@H](c2ccc(-c3ccccc3)c(-c3cc(F)c(C#N)c(F)c3)c2)CC1. The van der Waals surface area contributed by atoms with Crippen molar-refractivity contribution in [3.05, 3.63) is 83.4 Å². The molecule has 0 saturated carbocycles. The van der Waals surface area contributed by atoms with E-state index in [1.54, 1.807) is 6.07 Å². The molecule has 1 aliphatic rings. The Kier molecular flexibility index (Phi) is 7.72. The topological polar surface area (TPSA) is 23.8 Å². The zero-order valence-electron chi connectivity index (χ0n) is 19.3. The highest BCUT2D eigenvalue weighted by Crippen LogP contribution is 2.40. The first-order valence-corrected chi connectivity index (χ1v) is 14.6. The van der Waals surface area contributed by atoms with E-state index in [1.165, 1.54) is 67.9 Å². The maximum Gasteiger partial charge on any atom is 0.144 e. The van der Waals surface area contributed by atoms with Crippen LogP contribution in [0.3, 0.4) is 0 Å². The Bertz CT molecular complexity index is 1110. The molecule has 1 saturated heterocycles. The van der Waals surface area contributed by atoms with Gasteiger partial charge < -0.3 is 0 Å². The molecule has 1 heterocycles. The van der Waals surface area contributed by atoms with Crippen LogP contribution < -0.4 is 0 Å². The maximum atomic E-state index is 14.5. The summed E-state index contributed by atoms with van der Waals surface area (Å²) >= 11 is 0. The van der Waals surface area contributed by atoms with Gasteiger partial charge in [-0.05, 0) is 58.7 Å². The average molecular weight is 460 g/mol. The molecule has 33 heavy (non-hydrogen) atoms. The average Bonchev–Trinajstić information content (AvgIpc) is 2.85. The zero-order chi connectivity index (χ0) is 23.2. The van der Waals surface area contributed by atoms with Crippen LogP contribution in [0.4, 0.5) is 8.78 Å². The predicted molar refractivity (Wildman–Crippen MR) is 135 cm³/mol. The molecule has 3 aromatic rings. The molecule has 1 nitrogen and oxygen atoms in total. The van der Waals surface area contributed by atoms with Gasteiger partial charge in [0, 0.05) is 8.80 Å². The third kappa shape index (κ3) is 5.42. The van der Waals surface area contributed by atoms with Crippen molar-refractivity contribution < 1.29 is 8.78 Å². The zero-order valence-corrected chi connectivity index (χ0v) is 20.4. The molecule has 4 heteroatoms. The Hall–Kier alpha value is -2.77. The van der Waals surface area contributed by atoms with E-state index in [4.69, 9.17) is 5.26 Å². The van der Waals surface area contributed by atoms with Crippen LogP contribution in [0.2, 0.25) is 18.1 Å². The van der Waals surface area contributed by atoms with Crippen LogP contribution in [0, 0.1) is 23.0 Å². The van der Waals surface area contributed by atoms with Gasteiger partial charge in [-0.3, -0.25) is 0 Å². The third-order valence-corrected chi connectivity index (χ3v) is 10.7. The minimum atomic E-state index is -0.810. The number of rotatable bonds is 7. The predicted octanol–water partition coefficient (Wildman–Crippen LogP) is 8.47. The second-order valence-electron chi connectivity index (χ2n) is 9.31. The lowest BCUT2D eigenvalue weighted by atomic mass is 9.87. The number of benzene rings is 3. The van der Waals surface area contributed by atoms with Crippen LogP contribution in [0.15, 0.2) is 60.7 Å². The molecule has 3 aromatic carbocycles. The lowest BCUT2D eigenvalue weighted by Crippen LogP contribution is -2.20. The fourth-order valence-corrected chi connectivity index (χ4v) is 8.71. The highest BCUT2D eigenvalue weighted by Gasteiger charge is 2.24. The van der Waals surface area contributed by atoms with Crippen molar-refractivity contribution in [2.24, 2.45) is 0 Å². The molecule has 0 radical (unpaired) electrons. The van der Waals surface area contributed by atoms with Crippen LogP contribution in [-0.2, 0) is 0 Å². The number of hydrogen-bond acceptors (Lipinski definition) is 1. The molecule has 0 atom stereocenters. The number of hydrogen-bond donors (Lipinski definition) is 0. The molecule has 0 spiro atoms. The van der Waals surface area contributed by atoms with Crippen LogP contribution in [-0.4, -0.2) is 8.80 Å². The summed E-state index contributed by atoms with van der Waals surface area (Å²) in [6.45, 7) is 2.26. The quantitative estimate of drug-likeness (QED) is 0.257. The van der Waals surface area contributed by atoms with Gasteiger partial charge in [0.25, 0.3) is 0 Å². The van der Waals surface area contributed by atoms with Gasteiger partial charge >= 0.3 is 0 Å². The second-order valence-corrected chi connectivity index (χ2v) is 12.8. The number of halogens is 2. The van der Waals surface area contributed by atoms with E-state index in [0.29, 0.717) is 11.5 Å². The van der Waals surface area contributed by atoms with Crippen molar-refractivity contribution in [2.75, 3.05) is 0 Å². The molecule has 170 valence electrons. The number of unbranched alkanes of at least 4 members (excludes halogenated alkanes) is 2. The maximum absolute atomic E-state index is 14.5. The highest BCUT2D eigenvalue weighted by molar-refractivity contribution is 6.59. The summed E-state index contributed by atoms with van der Waals surface area (Å²) in [4.78, 5) is 0. The molecule has 0 bridgehead atoms. The lowest BCUT2D eigenvalue weighted by Gasteiger charge is -2.28. The molecule has 1 fully saturated rings. The smallest absolute Gasteiger partial charge is 0.144 e. The Labute approximate surface area is 197 Å². The lowest BCUT2D eigenvalue weighted by molar-refractivity contribution is 0.577. The van der Waals surface area contributed by atoms with Crippen molar-refractivity contribution in [3.63, 3.8) is 0 Å². The van der Waals surface area contributed by atoms with Gasteiger partial charge in [0.2, 0.25) is 0 Å². The Morgan fingerprint density at radius 1 is 0.879 bits per heavy atom. The van der Waals surface area contributed by atoms with Crippen molar-refractivity contribution in [3.8, 4) is 28.3 Å². The molecule has 0 amide bonds. The Balaban J connectivity index is 1.67. The molecule has 0 aliphatic carbocycles. The van der Waals surface area contributed by atoms with Gasteiger partial charge in [0.05, 0.1) is 0 Å². The van der Waals surface area contributed by atoms with Gasteiger partial charge in [0.15, 0.2) is 0 Å². The van der Waals surface area contributed by atoms with Crippen LogP contribution in [0.1, 0.15) is 56.1 Å². The first-order valence-electron chi connectivity index (χ1n) is 12.2. The number of nitrogens with zero attached hydrogens (tertiary/aromatic N) is 1. The van der Waals surface area contributed by atoms with Crippen molar-refractivity contribution in [1.82, 2.24) is 0 Å². The molecule has 0 aromatic heterocycles. The molecular formula is C29H31F2NSi. The molecule has 4 rings (SSSR count). The summed E-state index contributed by atoms with van der Waals surface area (Å²) in [7, 11) is -0.603. The Morgan fingerprint density at radius 2 is 1.58 bits per heavy atom.